The van der Waals surface area contributed by atoms with Gasteiger partial charge in [0.05, 0.1) is 12.6 Å². The topological polar surface area (TPSA) is 133 Å². The van der Waals surface area contributed by atoms with Crippen molar-refractivity contribution in [3.05, 3.63) is 29.8 Å². The molecule has 3 N–H and O–H groups in total. The smallest absolute Gasteiger partial charge is 0.414 e. The zero-order valence-corrected chi connectivity index (χ0v) is 17.2. The standard InChI is InChI=1S/C19H24N2O7S/c1-13(22)5-4-6-14-7-9-15(10-8-14)21-12-16(28-18(21)24)11-19(2,17(23)20-25)29(3,26)27/h7-10,13,16,22,25H,5,11-12H2,1-3H3,(H,20,23)/t13?,16-,19+/m0/s1. The monoisotopic (exact) mass is 424 g/mol. The Labute approximate surface area is 169 Å². The molecule has 0 spiro atoms. The first kappa shape index (κ1) is 22.7. The van der Waals surface area contributed by atoms with Crippen molar-refractivity contribution in [2.75, 3.05) is 17.7 Å². The molecule has 10 heteroatoms. The van der Waals surface area contributed by atoms with Crippen molar-refractivity contribution in [3.8, 4) is 11.8 Å². The molecule has 0 bridgehead atoms. The first-order valence-electron chi connectivity index (χ1n) is 8.87. The molecule has 1 heterocycles. The highest BCUT2D eigenvalue weighted by Crippen LogP contribution is 2.30. The van der Waals surface area contributed by atoms with Gasteiger partial charge in [-0.25, -0.2) is 18.7 Å². The fourth-order valence-electron chi connectivity index (χ4n) is 2.83. The number of rotatable bonds is 6. The van der Waals surface area contributed by atoms with Gasteiger partial charge in [-0.15, -0.1) is 0 Å². The lowest BCUT2D eigenvalue weighted by Crippen LogP contribution is -2.51. The number of carbonyl (C=O) groups is 2. The third-order valence-corrected chi connectivity index (χ3v) is 6.69. The number of amides is 2. The number of hydrogen-bond donors (Lipinski definition) is 3. The predicted molar refractivity (Wildman–Crippen MR) is 105 cm³/mol. The van der Waals surface area contributed by atoms with Crippen LogP contribution in [0.25, 0.3) is 0 Å². The van der Waals surface area contributed by atoms with Crippen LogP contribution < -0.4 is 10.4 Å². The van der Waals surface area contributed by atoms with Gasteiger partial charge in [-0.3, -0.25) is 14.9 Å². The molecule has 0 saturated carbocycles. The second-order valence-electron chi connectivity index (χ2n) is 7.17. The van der Waals surface area contributed by atoms with Crippen LogP contribution in [-0.2, 0) is 19.4 Å². The molecule has 1 fully saturated rings. The third-order valence-electron chi connectivity index (χ3n) is 4.70. The summed E-state index contributed by atoms with van der Waals surface area (Å²) in [7, 11) is -3.90. The fourth-order valence-corrected chi connectivity index (χ4v) is 3.70. The molecule has 1 aliphatic rings. The molecule has 1 aromatic carbocycles. The van der Waals surface area contributed by atoms with Gasteiger partial charge in [-0.1, -0.05) is 11.8 Å². The molecule has 3 atom stereocenters. The molecule has 29 heavy (non-hydrogen) atoms. The van der Waals surface area contributed by atoms with Crippen LogP contribution in [0, 0.1) is 11.8 Å². The number of aliphatic hydroxyl groups excluding tert-OH is 1. The van der Waals surface area contributed by atoms with E-state index in [0.29, 0.717) is 17.7 Å². The molecule has 1 aliphatic heterocycles. The Morgan fingerprint density at radius 3 is 2.55 bits per heavy atom. The van der Waals surface area contributed by atoms with Gasteiger partial charge < -0.3 is 9.84 Å². The zero-order valence-electron chi connectivity index (χ0n) is 16.4. The molecule has 0 aromatic heterocycles. The van der Waals surface area contributed by atoms with Crippen LogP contribution in [0.15, 0.2) is 24.3 Å². The lowest BCUT2D eigenvalue weighted by Gasteiger charge is -2.26. The van der Waals surface area contributed by atoms with Crippen LogP contribution in [0.5, 0.6) is 0 Å². The Morgan fingerprint density at radius 2 is 2.03 bits per heavy atom. The van der Waals surface area contributed by atoms with Gasteiger partial charge in [0, 0.05) is 30.3 Å². The van der Waals surface area contributed by atoms with Gasteiger partial charge in [-0.2, -0.15) is 0 Å². The Bertz CT molecular complexity index is 932. The molecule has 0 radical (unpaired) electrons. The van der Waals surface area contributed by atoms with E-state index in [2.05, 4.69) is 11.8 Å². The molecule has 0 aliphatic carbocycles. The average Bonchev–Trinajstić information content (AvgIpc) is 3.00. The number of carbonyl (C=O) groups excluding carboxylic acids is 2. The van der Waals surface area contributed by atoms with Crippen LogP contribution in [0.4, 0.5) is 10.5 Å². The second-order valence-corrected chi connectivity index (χ2v) is 9.61. The maximum atomic E-state index is 12.2. The molecule has 2 rings (SSSR count). The van der Waals surface area contributed by atoms with Crippen molar-refractivity contribution in [3.63, 3.8) is 0 Å². The molecule has 1 unspecified atom stereocenters. The SMILES string of the molecule is CC(O)CC#Cc1ccc(N2C[C@H](C[C@](C)(C(=O)NO)S(C)(=O)=O)OC2=O)cc1. The number of anilines is 1. The molecule has 1 aromatic rings. The number of nitrogens with one attached hydrogen (secondary N) is 1. The largest absolute Gasteiger partial charge is 0.444 e. The Hall–Kier alpha value is -2.61. The molecule has 2 amide bonds. The van der Waals surface area contributed by atoms with E-state index in [1.807, 2.05) is 0 Å². The average molecular weight is 424 g/mol. The lowest BCUT2D eigenvalue weighted by molar-refractivity contribution is -0.132. The molecule has 9 nitrogen and oxygen atoms in total. The van der Waals surface area contributed by atoms with Crippen LogP contribution in [0.3, 0.4) is 0 Å². The highest BCUT2D eigenvalue weighted by Gasteiger charge is 2.48. The number of sulfone groups is 1. The maximum Gasteiger partial charge on any atom is 0.414 e. The summed E-state index contributed by atoms with van der Waals surface area (Å²) in [6.07, 6.45) is -1.10. The number of aliphatic hydroxyl groups is 1. The first-order valence-corrected chi connectivity index (χ1v) is 10.8. The number of benzene rings is 1. The van der Waals surface area contributed by atoms with Crippen molar-refractivity contribution in [2.24, 2.45) is 0 Å². The summed E-state index contributed by atoms with van der Waals surface area (Å²) in [6.45, 7) is 2.87. The number of hydrogen-bond acceptors (Lipinski definition) is 7. The van der Waals surface area contributed by atoms with Crippen LogP contribution >= 0.6 is 0 Å². The zero-order chi connectivity index (χ0) is 21.8. The Morgan fingerprint density at radius 1 is 1.41 bits per heavy atom. The summed E-state index contributed by atoms with van der Waals surface area (Å²) in [4.78, 5) is 25.5. The predicted octanol–water partition coefficient (Wildman–Crippen LogP) is 0.833. The number of ether oxygens (including phenoxy) is 1. The Balaban J connectivity index is 2.13. The molecule has 1 saturated heterocycles. The summed E-state index contributed by atoms with van der Waals surface area (Å²) in [5, 5.41) is 18.1. The van der Waals surface area contributed by atoms with Gasteiger partial charge >= 0.3 is 6.09 Å². The van der Waals surface area contributed by atoms with E-state index in [1.165, 1.54) is 17.3 Å². The highest BCUT2D eigenvalue weighted by molar-refractivity contribution is 7.92. The van der Waals surface area contributed by atoms with E-state index >= 15 is 0 Å². The van der Waals surface area contributed by atoms with Crippen LogP contribution in [-0.4, -0.2) is 60.5 Å². The van der Waals surface area contributed by atoms with Gasteiger partial charge in [0.2, 0.25) is 0 Å². The summed E-state index contributed by atoms with van der Waals surface area (Å²) in [5.74, 6) is 4.65. The third kappa shape index (κ3) is 5.26. The van der Waals surface area contributed by atoms with E-state index in [1.54, 1.807) is 31.2 Å². The minimum atomic E-state index is -3.90. The Kier molecular flexibility index (Phi) is 6.89. The lowest BCUT2D eigenvalue weighted by atomic mass is 10.0. The molecule has 158 valence electrons. The quantitative estimate of drug-likeness (QED) is 0.350. The van der Waals surface area contributed by atoms with E-state index in [9.17, 15) is 23.1 Å². The van der Waals surface area contributed by atoms with E-state index in [4.69, 9.17) is 9.94 Å². The summed E-state index contributed by atoms with van der Waals surface area (Å²) in [5.41, 5.74) is 2.61. The summed E-state index contributed by atoms with van der Waals surface area (Å²) >= 11 is 0. The second kappa shape index (κ2) is 8.82. The van der Waals surface area contributed by atoms with Gasteiger partial charge in [0.15, 0.2) is 14.6 Å². The minimum absolute atomic E-state index is 0.0513. The first-order chi connectivity index (χ1) is 13.5. The summed E-state index contributed by atoms with van der Waals surface area (Å²) in [6, 6.07) is 6.77. The van der Waals surface area contributed by atoms with Gasteiger partial charge in [0.1, 0.15) is 6.10 Å². The number of hydroxylamine groups is 1. The normalized spacial score (nSPS) is 19.6. The van der Waals surface area contributed by atoms with Crippen molar-refractivity contribution in [2.45, 2.75) is 43.6 Å². The van der Waals surface area contributed by atoms with Gasteiger partial charge in [-0.05, 0) is 38.1 Å². The van der Waals surface area contributed by atoms with E-state index in [-0.39, 0.29) is 13.0 Å². The highest BCUT2D eigenvalue weighted by atomic mass is 32.2. The number of cyclic esters (lactones) is 1. The fraction of sp³-hybridized carbons (Fsp3) is 0.474. The van der Waals surface area contributed by atoms with Crippen molar-refractivity contribution in [1.82, 2.24) is 5.48 Å². The minimum Gasteiger partial charge on any atom is -0.444 e. The molecular weight excluding hydrogens is 400 g/mol. The van der Waals surface area contributed by atoms with E-state index in [0.717, 1.165) is 6.26 Å². The van der Waals surface area contributed by atoms with Crippen molar-refractivity contribution >= 4 is 27.5 Å². The van der Waals surface area contributed by atoms with Gasteiger partial charge in [0.25, 0.3) is 5.91 Å². The van der Waals surface area contributed by atoms with E-state index < -0.39 is 38.8 Å². The van der Waals surface area contributed by atoms with Crippen molar-refractivity contribution < 1.29 is 33.1 Å². The number of nitrogens with zero attached hydrogens (tertiary/aromatic N) is 1. The molecular formula is C19H24N2O7S. The van der Waals surface area contributed by atoms with Crippen LogP contribution in [0.1, 0.15) is 32.3 Å². The van der Waals surface area contributed by atoms with Crippen LogP contribution in [0.2, 0.25) is 0 Å². The van der Waals surface area contributed by atoms with Crippen molar-refractivity contribution in [1.29, 1.82) is 0 Å². The maximum absolute atomic E-state index is 12.2. The summed E-state index contributed by atoms with van der Waals surface area (Å²) < 4.78 is 27.5.